The molecule has 15 heavy (non-hydrogen) atoms. The lowest BCUT2D eigenvalue weighted by molar-refractivity contribution is -0.0501. The smallest absolute Gasteiger partial charge is 0.387 e. The summed E-state index contributed by atoms with van der Waals surface area (Å²) in [5.74, 6) is -0.264. The molecule has 82 valence electrons. The lowest BCUT2D eigenvalue weighted by Gasteiger charge is -2.10. The number of carbonyl (C=O) groups excluding carboxylic acids is 1. The summed E-state index contributed by atoms with van der Waals surface area (Å²) in [5, 5.41) is -0.876. The van der Waals surface area contributed by atoms with Gasteiger partial charge in [-0.2, -0.15) is 8.78 Å². The van der Waals surface area contributed by atoms with Crippen LogP contribution in [0.3, 0.4) is 0 Å². The molecule has 0 N–H and O–H groups in total. The van der Waals surface area contributed by atoms with E-state index in [0.29, 0.717) is 4.47 Å². The maximum Gasteiger partial charge on any atom is 0.387 e. The van der Waals surface area contributed by atoms with Gasteiger partial charge in [-0.05, 0) is 55.6 Å². The fourth-order valence-electron chi connectivity index (χ4n) is 0.910. The highest BCUT2D eigenvalue weighted by Gasteiger charge is 2.19. The molecule has 0 amide bonds. The molecule has 0 saturated heterocycles. The van der Waals surface area contributed by atoms with Gasteiger partial charge in [0.15, 0.2) is 0 Å². The van der Waals surface area contributed by atoms with E-state index in [2.05, 4.69) is 36.6 Å². The normalized spacial score (nSPS) is 10.5. The van der Waals surface area contributed by atoms with Gasteiger partial charge in [0.2, 0.25) is 0 Å². The van der Waals surface area contributed by atoms with Crippen LogP contribution in [0, 0.1) is 0 Å². The minimum absolute atomic E-state index is 0.133. The summed E-state index contributed by atoms with van der Waals surface area (Å²) in [6, 6.07) is 2.70. The number of rotatable bonds is 3. The molecule has 2 nitrogen and oxygen atoms in total. The molecule has 0 aliphatic carbocycles. The molecule has 0 spiro atoms. The quantitative estimate of drug-likeness (QED) is 0.752. The summed E-state index contributed by atoms with van der Waals surface area (Å²) in [4.78, 5) is 11.0. The number of halogens is 5. The molecule has 1 aromatic carbocycles. The van der Waals surface area contributed by atoms with E-state index in [4.69, 9.17) is 11.6 Å². The third kappa shape index (κ3) is 3.12. The third-order valence-electron chi connectivity index (χ3n) is 1.47. The zero-order chi connectivity index (χ0) is 11.6. The number of hydrogen-bond acceptors (Lipinski definition) is 2. The zero-order valence-electron chi connectivity index (χ0n) is 6.94. The molecule has 0 saturated carbocycles. The van der Waals surface area contributed by atoms with Crippen molar-refractivity contribution in [3.8, 4) is 5.75 Å². The maximum atomic E-state index is 12.0. The maximum absolute atomic E-state index is 12.0. The Morgan fingerprint density at radius 3 is 2.47 bits per heavy atom. The van der Waals surface area contributed by atoms with E-state index in [0.717, 1.165) is 0 Å². The van der Waals surface area contributed by atoms with Crippen molar-refractivity contribution < 1.29 is 18.3 Å². The second kappa shape index (κ2) is 5.23. The average Bonchev–Trinajstić information content (AvgIpc) is 2.10. The molecule has 0 aliphatic rings. The third-order valence-corrected chi connectivity index (χ3v) is 3.67. The van der Waals surface area contributed by atoms with Crippen molar-refractivity contribution in [2.24, 2.45) is 0 Å². The van der Waals surface area contributed by atoms with Gasteiger partial charge in [-0.15, -0.1) is 0 Å². The number of ether oxygens (including phenoxy) is 1. The van der Waals surface area contributed by atoms with Crippen molar-refractivity contribution in [1.29, 1.82) is 0 Å². The molecule has 0 heterocycles. The van der Waals surface area contributed by atoms with Crippen molar-refractivity contribution in [3.63, 3.8) is 0 Å². The summed E-state index contributed by atoms with van der Waals surface area (Å²) < 4.78 is 28.9. The molecule has 0 radical (unpaired) electrons. The van der Waals surface area contributed by atoms with E-state index in [-0.39, 0.29) is 15.8 Å². The molecule has 0 fully saturated rings. The first-order chi connectivity index (χ1) is 6.93. The first kappa shape index (κ1) is 12.9. The van der Waals surface area contributed by atoms with Gasteiger partial charge in [0, 0.05) is 8.95 Å². The number of hydrogen-bond donors (Lipinski definition) is 0. The van der Waals surface area contributed by atoms with Gasteiger partial charge in [-0.1, -0.05) is 0 Å². The van der Waals surface area contributed by atoms with Crippen molar-refractivity contribution in [2.45, 2.75) is 6.61 Å². The van der Waals surface area contributed by atoms with Crippen LogP contribution in [0.2, 0.25) is 0 Å². The highest BCUT2D eigenvalue weighted by Crippen LogP contribution is 2.35. The van der Waals surface area contributed by atoms with Gasteiger partial charge in [-0.25, -0.2) is 0 Å². The van der Waals surface area contributed by atoms with Crippen molar-refractivity contribution in [3.05, 3.63) is 26.6 Å². The predicted molar refractivity (Wildman–Crippen MR) is 58.7 cm³/mol. The van der Waals surface area contributed by atoms with E-state index in [1.54, 1.807) is 0 Å². The van der Waals surface area contributed by atoms with Crippen LogP contribution in [0.15, 0.2) is 21.1 Å². The van der Waals surface area contributed by atoms with E-state index >= 15 is 0 Å². The minimum atomic E-state index is -3.01. The lowest BCUT2D eigenvalue weighted by Crippen LogP contribution is -2.06. The Balaban J connectivity index is 3.27. The second-order valence-corrected chi connectivity index (χ2v) is 4.38. The molecular formula is C8H3Br2ClF2O2. The van der Waals surface area contributed by atoms with Gasteiger partial charge in [0.25, 0.3) is 5.24 Å². The van der Waals surface area contributed by atoms with Crippen molar-refractivity contribution in [2.75, 3.05) is 0 Å². The molecule has 0 aromatic heterocycles. The number of alkyl halides is 2. The largest absolute Gasteiger partial charge is 0.434 e. The molecule has 0 unspecified atom stereocenters. The van der Waals surface area contributed by atoms with Gasteiger partial charge < -0.3 is 4.74 Å². The predicted octanol–water partition coefficient (Wildman–Crippen LogP) is 4.19. The van der Waals surface area contributed by atoms with E-state index < -0.39 is 11.9 Å². The Labute approximate surface area is 106 Å². The van der Waals surface area contributed by atoms with Gasteiger partial charge in [0.05, 0.1) is 5.56 Å². The minimum Gasteiger partial charge on any atom is -0.434 e. The first-order valence-corrected chi connectivity index (χ1v) is 5.52. The molecule has 1 rings (SSSR count). The zero-order valence-corrected chi connectivity index (χ0v) is 10.9. The SMILES string of the molecule is O=C(Cl)c1c(OC(F)F)ccc(Br)c1Br. The van der Waals surface area contributed by atoms with Crippen LogP contribution >= 0.6 is 43.5 Å². The van der Waals surface area contributed by atoms with Gasteiger partial charge in [-0.3, -0.25) is 4.79 Å². The van der Waals surface area contributed by atoms with Crippen LogP contribution in [0.5, 0.6) is 5.75 Å². The highest BCUT2D eigenvalue weighted by atomic mass is 79.9. The molecule has 0 bridgehead atoms. The molecule has 0 aliphatic heterocycles. The fraction of sp³-hybridized carbons (Fsp3) is 0.125. The molecular weight excluding hydrogens is 361 g/mol. The van der Waals surface area contributed by atoms with Crippen LogP contribution in [-0.2, 0) is 0 Å². The molecule has 7 heteroatoms. The van der Waals surface area contributed by atoms with E-state index in [1.165, 1.54) is 12.1 Å². The average molecular weight is 364 g/mol. The Hall–Kier alpha value is -0.200. The van der Waals surface area contributed by atoms with Crippen LogP contribution in [-0.4, -0.2) is 11.9 Å². The summed E-state index contributed by atoms with van der Waals surface area (Å²) >= 11 is 11.4. The van der Waals surface area contributed by atoms with Crippen molar-refractivity contribution >= 4 is 48.7 Å². The Morgan fingerprint density at radius 2 is 2.00 bits per heavy atom. The standard InChI is InChI=1S/C8H3Br2ClF2O2/c9-3-1-2-4(15-8(12)13)5(6(3)10)7(11)14/h1-2,8H. The summed E-state index contributed by atoms with van der Waals surface area (Å²) in [5.41, 5.74) is -0.133. The highest BCUT2D eigenvalue weighted by molar-refractivity contribution is 9.13. The van der Waals surface area contributed by atoms with Crippen LogP contribution in [0.1, 0.15) is 10.4 Å². The van der Waals surface area contributed by atoms with Gasteiger partial charge >= 0.3 is 6.61 Å². The van der Waals surface area contributed by atoms with Gasteiger partial charge in [0.1, 0.15) is 5.75 Å². The lowest BCUT2D eigenvalue weighted by atomic mass is 10.2. The number of benzene rings is 1. The topological polar surface area (TPSA) is 26.3 Å². The molecule has 1 aromatic rings. The van der Waals surface area contributed by atoms with E-state index in [1.807, 2.05) is 0 Å². The Bertz CT molecular complexity index is 398. The second-order valence-electron chi connectivity index (χ2n) is 2.39. The first-order valence-electron chi connectivity index (χ1n) is 3.56. The monoisotopic (exact) mass is 362 g/mol. The van der Waals surface area contributed by atoms with E-state index in [9.17, 15) is 13.6 Å². The molecule has 0 atom stereocenters. The summed E-state index contributed by atoms with van der Waals surface area (Å²) in [6.07, 6.45) is 0. The van der Waals surface area contributed by atoms with Crippen molar-refractivity contribution in [1.82, 2.24) is 0 Å². The van der Waals surface area contributed by atoms with Crippen LogP contribution < -0.4 is 4.74 Å². The summed E-state index contributed by atoms with van der Waals surface area (Å²) in [7, 11) is 0. The Kier molecular flexibility index (Phi) is 4.48. The van der Waals surface area contributed by atoms with Crippen LogP contribution in [0.4, 0.5) is 8.78 Å². The summed E-state index contributed by atoms with van der Waals surface area (Å²) in [6.45, 7) is -3.01. The number of carbonyl (C=O) groups is 1. The Morgan fingerprint density at radius 1 is 1.40 bits per heavy atom. The fourth-order valence-corrected chi connectivity index (χ4v) is 2.05. The van der Waals surface area contributed by atoms with Crippen LogP contribution in [0.25, 0.3) is 0 Å².